The monoisotopic (exact) mass is 423 g/mol. The van der Waals surface area contributed by atoms with Crippen molar-refractivity contribution in [3.8, 4) is 11.1 Å². The molecule has 1 heterocycles. The molecule has 0 bridgehead atoms. The van der Waals surface area contributed by atoms with Crippen LogP contribution in [0.5, 0.6) is 0 Å². The maximum atomic E-state index is 14.2. The number of halogens is 4. The molecule has 0 aliphatic heterocycles. The van der Waals surface area contributed by atoms with E-state index in [1.807, 2.05) is 0 Å². The molecule has 30 heavy (non-hydrogen) atoms. The Morgan fingerprint density at radius 2 is 1.90 bits per heavy atom. The molecular weight excluding hydrogens is 406 g/mol. The summed E-state index contributed by atoms with van der Waals surface area (Å²) in [6, 6.07) is 5.51. The number of aliphatic hydroxyl groups excluding tert-OH is 1. The van der Waals surface area contributed by atoms with Crippen LogP contribution >= 0.6 is 0 Å². The molecule has 0 saturated heterocycles. The zero-order chi connectivity index (χ0) is 22.0. The van der Waals surface area contributed by atoms with Crippen LogP contribution in [0.25, 0.3) is 11.1 Å². The molecular formula is C20H17F4N3O3. The second-order valence-corrected chi connectivity index (χ2v) is 6.61. The summed E-state index contributed by atoms with van der Waals surface area (Å²) in [4.78, 5) is 16.7. The van der Waals surface area contributed by atoms with Crippen LogP contribution in [0.15, 0.2) is 40.9 Å². The molecule has 158 valence electrons. The molecule has 3 aromatic rings. The number of aryl methyl sites for hydroxylation is 1. The highest BCUT2D eigenvalue weighted by molar-refractivity contribution is 5.96. The summed E-state index contributed by atoms with van der Waals surface area (Å²) in [5, 5.41) is 16.1. The smallest absolute Gasteiger partial charge is 0.268 e. The highest BCUT2D eigenvalue weighted by Gasteiger charge is 2.23. The van der Waals surface area contributed by atoms with Gasteiger partial charge in [0.1, 0.15) is 17.7 Å². The predicted molar refractivity (Wildman–Crippen MR) is 97.7 cm³/mol. The van der Waals surface area contributed by atoms with Gasteiger partial charge in [0.05, 0.1) is 6.04 Å². The van der Waals surface area contributed by atoms with Gasteiger partial charge >= 0.3 is 0 Å². The van der Waals surface area contributed by atoms with E-state index in [9.17, 15) is 27.5 Å². The van der Waals surface area contributed by atoms with Crippen molar-refractivity contribution in [2.45, 2.75) is 32.4 Å². The minimum Gasteiger partial charge on any atom is -0.382 e. The van der Waals surface area contributed by atoms with Crippen molar-refractivity contribution in [3.05, 3.63) is 70.9 Å². The van der Waals surface area contributed by atoms with Crippen molar-refractivity contribution in [2.24, 2.45) is 0 Å². The van der Waals surface area contributed by atoms with Gasteiger partial charge in [-0.05, 0) is 48.4 Å². The molecule has 2 aromatic carbocycles. The fourth-order valence-corrected chi connectivity index (χ4v) is 2.81. The van der Waals surface area contributed by atoms with Gasteiger partial charge in [0.15, 0.2) is 5.82 Å². The van der Waals surface area contributed by atoms with Gasteiger partial charge in [0.25, 0.3) is 12.3 Å². The summed E-state index contributed by atoms with van der Waals surface area (Å²) in [6.45, 7) is 3.16. The Kier molecular flexibility index (Phi) is 6.16. The number of rotatable bonds is 6. The third-order valence-electron chi connectivity index (χ3n) is 4.32. The fraction of sp³-hybridized carbons (Fsp3) is 0.250. The zero-order valence-corrected chi connectivity index (χ0v) is 15.9. The quantitative estimate of drug-likeness (QED) is 0.583. The number of carbonyl (C=O) groups is 1. The second-order valence-electron chi connectivity index (χ2n) is 6.61. The largest absolute Gasteiger partial charge is 0.382 e. The van der Waals surface area contributed by atoms with Gasteiger partial charge in [-0.25, -0.2) is 17.6 Å². The number of carbonyl (C=O) groups excluding carboxylic acids is 1. The maximum absolute atomic E-state index is 14.2. The molecule has 6 nitrogen and oxygen atoms in total. The van der Waals surface area contributed by atoms with E-state index in [0.29, 0.717) is 12.0 Å². The number of amides is 1. The SMILES string of the molecule is Cc1nc([C@@H](C)NC(=O)c2cc(-c3ccc(F)cc3F)cc(C(O)C(F)F)c2)no1. The first-order chi connectivity index (χ1) is 14.2. The summed E-state index contributed by atoms with van der Waals surface area (Å²) in [6.07, 6.45) is -5.33. The normalized spacial score (nSPS) is 13.3. The summed E-state index contributed by atoms with van der Waals surface area (Å²) >= 11 is 0. The molecule has 1 amide bonds. The lowest BCUT2D eigenvalue weighted by Gasteiger charge is -2.16. The Labute approximate surface area is 168 Å². The number of nitrogens with zero attached hydrogens (tertiary/aromatic N) is 2. The van der Waals surface area contributed by atoms with Crippen LogP contribution in [0.2, 0.25) is 0 Å². The molecule has 0 fully saturated rings. The Balaban J connectivity index is 2.00. The molecule has 0 radical (unpaired) electrons. The molecule has 0 spiro atoms. The Hall–Kier alpha value is -3.27. The summed E-state index contributed by atoms with van der Waals surface area (Å²) in [7, 11) is 0. The van der Waals surface area contributed by atoms with Crippen LogP contribution in [0, 0.1) is 18.6 Å². The summed E-state index contributed by atoms with van der Waals surface area (Å²) in [5.41, 5.74) is -0.494. The van der Waals surface area contributed by atoms with E-state index >= 15 is 0 Å². The molecule has 3 rings (SSSR count). The van der Waals surface area contributed by atoms with Gasteiger partial charge in [-0.15, -0.1) is 0 Å². The number of aromatic nitrogens is 2. The standard InChI is InChI=1S/C20H17F4N3O3/c1-9(19-26-10(2)30-27-19)25-20(29)13-6-11(5-12(7-13)17(28)18(23)24)15-4-3-14(21)8-16(15)22/h3-9,17-18,28H,1-2H3,(H,25,29)/t9-,17?/m1/s1. The highest BCUT2D eigenvalue weighted by atomic mass is 19.3. The van der Waals surface area contributed by atoms with Crippen LogP contribution in [0.1, 0.15) is 46.7 Å². The van der Waals surface area contributed by atoms with Crippen LogP contribution in [0.4, 0.5) is 17.6 Å². The Bertz CT molecular complexity index is 1070. The minimum atomic E-state index is -3.13. The first-order valence-electron chi connectivity index (χ1n) is 8.83. The van der Waals surface area contributed by atoms with E-state index < -0.39 is 36.1 Å². The lowest BCUT2D eigenvalue weighted by molar-refractivity contribution is -0.00579. The maximum Gasteiger partial charge on any atom is 0.268 e. The van der Waals surface area contributed by atoms with E-state index in [1.165, 1.54) is 6.07 Å². The van der Waals surface area contributed by atoms with Gasteiger partial charge in [-0.2, -0.15) is 4.98 Å². The lowest BCUT2D eigenvalue weighted by Crippen LogP contribution is -2.27. The van der Waals surface area contributed by atoms with Gasteiger partial charge in [-0.1, -0.05) is 5.16 Å². The number of nitrogens with one attached hydrogen (secondary N) is 1. The third-order valence-corrected chi connectivity index (χ3v) is 4.32. The Morgan fingerprint density at radius 1 is 1.17 bits per heavy atom. The van der Waals surface area contributed by atoms with E-state index in [-0.39, 0.29) is 28.1 Å². The van der Waals surface area contributed by atoms with Crippen LogP contribution < -0.4 is 5.32 Å². The second kappa shape index (κ2) is 8.62. The van der Waals surface area contributed by atoms with E-state index in [2.05, 4.69) is 15.5 Å². The molecule has 0 aliphatic carbocycles. The average molecular weight is 423 g/mol. The van der Waals surface area contributed by atoms with Crippen molar-refractivity contribution < 1.29 is 32.0 Å². The van der Waals surface area contributed by atoms with Gasteiger partial charge in [0.2, 0.25) is 5.89 Å². The van der Waals surface area contributed by atoms with Crippen LogP contribution in [-0.4, -0.2) is 27.6 Å². The summed E-state index contributed by atoms with van der Waals surface area (Å²) in [5.74, 6) is -1.96. The number of hydrogen-bond acceptors (Lipinski definition) is 5. The van der Waals surface area contributed by atoms with Crippen molar-refractivity contribution >= 4 is 5.91 Å². The number of benzene rings is 2. The number of hydrogen-bond donors (Lipinski definition) is 2. The predicted octanol–water partition coefficient (Wildman–Crippen LogP) is 4.11. The summed E-state index contributed by atoms with van der Waals surface area (Å²) < 4.78 is 58.4. The van der Waals surface area contributed by atoms with Gasteiger partial charge < -0.3 is 14.9 Å². The van der Waals surface area contributed by atoms with E-state index in [0.717, 1.165) is 24.3 Å². The number of alkyl halides is 2. The number of aliphatic hydroxyl groups is 1. The molecule has 10 heteroatoms. The first-order valence-corrected chi connectivity index (χ1v) is 8.83. The van der Waals surface area contributed by atoms with Crippen molar-refractivity contribution in [2.75, 3.05) is 0 Å². The first kappa shape index (κ1) is 21.4. The van der Waals surface area contributed by atoms with E-state index in [1.54, 1.807) is 13.8 Å². The van der Waals surface area contributed by atoms with Crippen LogP contribution in [-0.2, 0) is 0 Å². The topological polar surface area (TPSA) is 88.2 Å². The molecule has 2 atom stereocenters. The van der Waals surface area contributed by atoms with Crippen molar-refractivity contribution in [3.63, 3.8) is 0 Å². The van der Waals surface area contributed by atoms with Crippen molar-refractivity contribution in [1.82, 2.24) is 15.5 Å². The van der Waals surface area contributed by atoms with E-state index in [4.69, 9.17) is 4.52 Å². The molecule has 1 aromatic heterocycles. The lowest BCUT2D eigenvalue weighted by atomic mass is 9.96. The molecule has 0 aliphatic rings. The Morgan fingerprint density at radius 3 is 2.50 bits per heavy atom. The molecule has 1 unspecified atom stereocenters. The average Bonchev–Trinajstić information content (AvgIpc) is 3.13. The minimum absolute atomic E-state index is 0.0258. The third kappa shape index (κ3) is 4.65. The van der Waals surface area contributed by atoms with Crippen molar-refractivity contribution in [1.29, 1.82) is 0 Å². The molecule has 2 N–H and O–H groups in total. The van der Waals surface area contributed by atoms with Gasteiger partial charge in [-0.3, -0.25) is 4.79 Å². The van der Waals surface area contributed by atoms with Crippen LogP contribution in [0.3, 0.4) is 0 Å². The zero-order valence-electron chi connectivity index (χ0n) is 15.9. The highest BCUT2D eigenvalue weighted by Crippen LogP contribution is 2.30. The molecule has 0 saturated carbocycles. The fourth-order valence-electron chi connectivity index (χ4n) is 2.81. The van der Waals surface area contributed by atoms with Gasteiger partial charge in [0, 0.05) is 24.1 Å².